The van der Waals surface area contributed by atoms with Gasteiger partial charge in [-0.15, -0.1) is 21.5 Å². The molecular formula is C25H25N5OS2. The largest absolute Gasteiger partial charge is 0.332 e. The number of nitrogens with zero attached hydrogens (tertiary/aromatic N) is 5. The Morgan fingerprint density at radius 3 is 2.67 bits per heavy atom. The van der Waals surface area contributed by atoms with Crippen molar-refractivity contribution < 1.29 is 4.79 Å². The number of aromatic nitrogens is 4. The topological polar surface area (TPSA) is 63.9 Å². The fourth-order valence-electron chi connectivity index (χ4n) is 4.53. The molecule has 0 spiro atoms. The van der Waals surface area contributed by atoms with Gasteiger partial charge in [0.25, 0.3) is 0 Å². The van der Waals surface area contributed by atoms with Crippen LogP contribution < -0.4 is 0 Å². The van der Waals surface area contributed by atoms with E-state index in [0.29, 0.717) is 11.7 Å². The molecule has 2 aromatic heterocycles. The quantitative estimate of drug-likeness (QED) is 0.341. The van der Waals surface area contributed by atoms with E-state index >= 15 is 0 Å². The van der Waals surface area contributed by atoms with Crippen molar-refractivity contribution >= 4 is 39.2 Å². The summed E-state index contributed by atoms with van der Waals surface area (Å²) < 4.78 is 3.39. The van der Waals surface area contributed by atoms with Gasteiger partial charge in [0.15, 0.2) is 5.16 Å². The molecule has 8 heteroatoms. The molecule has 33 heavy (non-hydrogen) atoms. The summed E-state index contributed by atoms with van der Waals surface area (Å²) in [5, 5.41) is 10.9. The molecule has 1 saturated carbocycles. The predicted octanol–water partition coefficient (Wildman–Crippen LogP) is 5.27. The van der Waals surface area contributed by atoms with Gasteiger partial charge in [-0.3, -0.25) is 4.79 Å². The molecule has 168 valence electrons. The number of rotatable bonds is 7. The number of fused-ring (bicyclic) bond motifs is 1. The monoisotopic (exact) mass is 475 g/mol. The highest BCUT2D eigenvalue weighted by molar-refractivity contribution is 7.99. The molecule has 3 heterocycles. The first-order valence-corrected chi connectivity index (χ1v) is 13.3. The van der Waals surface area contributed by atoms with Gasteiger partial charge in [-0.2, -0.15) is 0 Å². The van der Waals surface area contributed by atoms with Gasteiger partial charge in [0.2, 0.25) is 5.91 Å². The summed E-state index contributed by atoms with van der Waals surface area (Å²) in [6.45, 7) is 1.54. The first-order valence-electron chi connectivity index (χ1n) is 11.5. The van der Waals surface area contributed by atoms with Crippen molar-refractivity contribution in [3.63, 3.8) is 0 Å². The van der Waals surface area contributed by atoms with Crippen LogP contribution in [0.3, 0.4) is 0 Å². The highest BCUT2D eigenvalue weighted by Crippen LogP contribution is 2.41. The molecule has 2 aliphatic rings. The zero-order chi connectivity index (χ0) is 22.2. The second kappa shape index (κ2) is 8.91. The van der Waals surface area contributed by atoms with Crippen molar-refractivity contribution in [2.24, 2.45) is 0 Å². The van der Waals surface area contributed by atoms with Crippen molar-refractivity contribution in [1.82, 2.24) is 24.6 Å². The van der Waals surface area contributed by atoms with E-state index < -0.39 is 0 Å². The summed E-state index contributed by atoms with van der Waals surface area (Å²) in [5.74, 6) is 2.10. The minimum atomic E-state index is 0.0831. The first-order chi connectivity index (χ1) is 16.3. The van der Waals surface area contributed by atoms with E-state index in [1.165, 1.54) is 34.9 Å². The lowest BCUT2D eigenvalue weighted by Gasteiger charge is -2.23. The van der Waals surface area contributed by atoms with Crippen LogP contribution in [0.2, 0.25) is 0 Å². The molecule has 4 aromatic rings. The molecule has 0 unspecified atom stereocenters. The molecule has 0 bridgehead atoms. The van der Waals surface area contributed by atoms with Gasteiger partial charge < -0.3 is 9.47 Å². The Hall–Kier alpha value is -2.71. The maximum Gasteiger partial charge on any atom is 0.233 e. The predicted molar refractivity (Wildman–Crippen MR) is 132 cm³/mol. The van der Waals surface area contributed by atoms with Crippen LogP contribution in [0.25, 0.3) is 10.2 Å². The minimum absolute atomic E-state index is 0.0831. The Kier molecular flexibility index (Phi) is 5.63. The molecule has 6 nitrogen and oxygen atoms in total. The number of carbonyl (C=O) groups excluding carboxylic acids is 1. The maximum atomic E-state index is 13.3. The average Bonchev–Trinajstić information content (AvgIpc) is 3.23. The normalized spacial score (nSPS) is 18.3. The van der Waals surface area contributed by atoms with Gasteiger partial charge in [-0.05, 0) is 43.4 Å². The van der Waals surface area contributed by atoms with E-state index in [0.717, 1.165) is 47.4 Å². The molecular weight excluding hydrogens is 450 g/mol. The second-order valence-corrected chi connectivity index (χ2v) is 10.7. The molecule has 2 fully saturated rings. The van der Waals surface area contributed by atoms with Crippen LogP contribution in [0.4, 0.5) is 0 Å². The van der Waals surface area contributed by atoms with E-state index in [1.54, 1.807) is 11.3 Å². The number of thiazole rings is 1. The fourth-order valence-corrected chi connectivity index (χ4v) is 6.47. The number of likely N-dealkylation sites (tertiary alicyclic amines) is 1. The number of amides is 1. The van der Waals surface area contributed by atoms with Crippen LogP contribution in [0.15, 0.2) is 59.8 Å². The number of para-hydroxylation sites is 1. The van der Waals surface area contributed by atoms with Gasteiger partial charge >= 0.3 is 0 Å². The van der Waals surface area contributed by atoms with Gasteiger partial charge in [-0.1, -0.05) is 54.2 Å². The first kappa shape index (κ1) is 20.9. The number of thioether (sulfide) groups is 1. The van der Waals surface area contributed by atoms with Crippen molar-refractivity contribution in [2.45, 2.75) is 49.3 Å². The molecule has 1 atom stereocenters. The number of hydrogen-bond acceptors (Lipinski definition) is 6. The molecule has 1 amide bonds. The molecule has 0 N–H and O–H groups in total. The Bertz CT molecular complexity index is 1250. The fraction of sp³-hybridized carbons (Fsp3) is 0.360. The third-order valence-corrected chi connectivity index (χ3v) is 8.45. The Balaban J connectivity index is 1.18. The molecule has 0 radical (unpaired) electrons. The zero-order valence-electron chi connectivity index (χ0n) is 18.3. The third kappa shape index (κ3) is 4.29. The number of benzene rings is 2. The summed E-state index contributed by atoms with van der Waals surface area (Å²) in [5.41, 5.74) is 2.25. The Labute approximate surface area is 201 Å². The highest BCUT2D eigenvalue weighted by atomic mass is 32.2. The van der Waals surface area contributed by atoms with Crippen LogP contribution in [0, 0.1) is 0 Å². The number of hydrogen-bond donors (Lipinski definition) is 0. The molecule has 2 aromatic carbocycles. The van der Waals surface area contributed by atoms with E-state index in [4.69, 9.17) is 4.98 Å². The summed E-state index contributed by atoms with van der Waals surface area (Å²) in [6, 6.07) is 18.7. The summed E-state index contributed by atoms with van der Waals surface area (Å²) in [4.78, 5) is 20.1. The standard InChI is InChI=1S/C25H25N5OS2/c31-22(29-14-6-10-20(29)24-26-19-9-4-5-11-21(19)33-24)16-32-25-28-27-23(18-12-13-18)30(25)15-17-7-2-1-3-8-17/h1-5,7-9,11,18,20H,6,10,12-16H2/t20-/m1/s1. The summed E-state index contributed by atoms with van der Waals surface area (Å²) in [7, 11) is 0. The second-order valence-electron chi connectivity index (χ2n) is 8.74. The van der Waals surface area contributed by atoms with Gasteiger partial charge in [0.1, 0.15) is 10.8 Å². The van der Waals surface area contributed by atoms with Crippen molar-refractivity contribution in [3.8, 4) is 0 Å². The SMILES string of the molecule is O=C(CSc1nnc(C2CC2)n1Cc1ccccc1)N1CCC[C@@H]1c1nc2ccccc2s1. The summed E-state index contributed by atoms with van der Waals surface area (Å²) >= 11 is 3.22. The lowest BCUT2D eigenvalue weighted by Crippen LogP contribution is -2.32. The Morgan fingerprint density at radius 1 is 1.03 bits per heavy atom. The molecule has 6 rings (SSSR count). The maximum absolute atomic E-state index is 13.3. The van der Waals surface area contributed by atoms with Gasteiger partial charge in [0, 0.05) is 12.5 Å². The lowest BCUT2D eigenvalue weighted by atomic mass is 10.2. The van der Waals surface area contributed by atoms with E-state index in [1.807, 2.05) is 29.2 Å². The Morgan fingerprint density at radius 2 is 1.85 bits per heavy atom. The molecule has 1 aliphatic carbocycles. The third-order valence-electron chi connectivity index (χ3n) is 6.36. The van der Waals surface area contributed by atoms with Crippen molar-refractivity contribution in [1.29, 1.82) is 0 Å². The minimum Gasteiger partial charge on any atom is -0.332 e. The van der Waals surface area contributed by atoms with Gasteiger partial charge in [-0.25, -0.2) is 4.98 Å². The van der Waals surface area contributed by atoms with Gasteiger partial charge in [0.05, 0.1) is 28.6 Å². The van der Waals surface area contributed by atoms with Crippen LogP contribution in [-0.2, 0) is 11.3 Å². The average molecular weight is 476 g/mol. The van der Waals surface area contributed by atoms with Crippen molar-refractivity contribution in [2.75, 3.05) is 12.3 Å². The lowest BCUT2D eigenvalue weighted by molar-refractivity contribution is -0.129. The number of carbonyl (C=O) groups is 1. The smallest absolute Gasteiger partial charge is 0.233 e. The van der Waals surface area contributed by atoms with E-state index in [2.05, 4.69) is 45.1 Å². The van der Waals surface area contributed by atoms with Crippen LogP contribution >= 0.6 is 23.1 Å². The van der Waals surface area contributed by atoms with E-state index in [9.17, 15) is 4.79 Å². The molecule has 1 aliphatic heterocycles. The molecule has 1 saturated heterocycles. The highest BCUT2D eigenvalue weighted by Gasteiger charge is 2.33. The summed E-state index contributed by atoms with van der Waals surface area (Å²) in [6.07, 6.45) is 4.35. The van der Waals surface area contributed by atoms with Crippen LogP contribution in [0.5, 0.6) is 0 Å². The van der Waals surface area contributed by atoms with Crippen LogP contribution in [-0.4, -0.2) is 42.9 Å². The van der Waals surface area contributed by atoms with Crippen LogP contribution in [0.1, 0.15) is 54.0 Å². The van der Waals surface area contributed by atoms with E-state index in [-0.39, 0.29) is 11.9 Å². The van der Waals surface area contributed by atoms with Crippen molar-refractivity contribution in [3.05, 3.63) is 71.0 Å². The zero-order valence-corrected chi connectivity index (χ0v) is 19.9.